The summed E-state index contributed by atoms with van der Waals surface area (Å²) in [5, 5.41) is 0. The number of ether oxygens (including phenoxy) is 3. The molecule has 4 aromatic carbocycles. The fraction of sp³-hybridized carbons (Fsp3) is 0.235. The van der Waals surface area contributed by atoms with Crippen LogP contribution in [0.5, 0.6) is 11.5 Å². The molecule has 0 amide bonds. The molecule has 1 saturated heterocycles. The van der Waals surface area contributed by atoms with Crippen LogP contribution in [-0.2, 0) is 4.74 Å². The molecular formula is C34H33NO3. The summed E-state index contributed by atoms with van der Waals surface area (Å²) >= 11 is 0. The number of fused-ring (bicyclic) bond motifs is 3. The Balaban J connectivity index is 1.31. The number of hydrogen-bond donors (Lipinski definition) is 0. The highest BCUT2D eigenvalue weighted by atomic mass is 16.6. The van der Waals surface area contributed by atoms with E-state index in [2.05, 4.69) is 89.8 Å². The van der Waals surface area contributed by atoms with E-state index in [9.17, 15) is 0 Å². The summed E-state index contributed by atoms with van der Waals surface area (Å²) < 4.78 is 19.0. The molecule has 2 unspecified atom stereocenters. The van der Waals surface area contributed by atoms with Gasteiger partial charge in [0.05, 0.1) is 12.6 Å². The van der Waals surface area contributed by atoms with Gasteiger partial charge in [0, 0.05) is 6.54 Å². The van der Waals surface area contributed by atoms with Gasteiger partial charge in [-0.25, -0.2) is 0 Å². The number of nitrogens with zero attached hydrogens (tertiary/aromatic N) is 1. The van der Waals surface area contributed by atoms with Crippen LogP contribution in [0.15, 0.2) is 103 Å². The van der Waals surface area contributed by atoms with Crippen LogP contribution >= 0.6 is 0 Å². The average Bonchev–Trinajstić information content (AvgIpc) is 3.53. The first-order chi connectivity index (χ1) is 18.8. The Morgan fingerprint density at radius 2 is 1.50 bits per heavy atom. The van der Waals surface area contributed by atoms with Crippen LogP contribution in [0.1, 0.15) is 48.4 Å². The predicted octanol–water partition coefficient (Wildman–Crippen LogP) is 7.67. The van der Waals surface area contributed by atoms with Crippen LogP contribution in [0.2, 0.25) is 0 Å². The van der Waals surface area contributed by atoms with Crippen LogP contribution in [0, 0.1) is 0 Å². The zero-order chi connectivity index (χ0) is 25.9. The van der Waals surface area contributed by atoms with E-state index >= 15 is 0 Å². The lowest BCUT2D eigenvalue weighted by molar-refractivity contribution is -0.0233. The van der Waals surface area contributed by atoms with Crippen molar-refractivity contribution in [1.29, 1.82) is 0 Å². The molecule has 0 spiro atoms. The lowest BCUT2D eigenvalue weighted by Crippen LogP contribution is -2.30. The quantitative estimate of drug-likeness (QED) is 0.247. The maximum Gasteiger partial charge on any atom is 0.161 e. The zero-order valence-electron chi connectivity index (χ0n) is 21.9. The average molecular weight is 504 g/mol. The molecule has 192 valence electrons. The van der Waals surface area contributed by atoms with E-state index in [-0.39, 0.29) is 18.4 Å². The fourth-order valence-electron chi connectivity index (χ4n) is 5.73. The largest absolute Gasteiger partial charge is 0.490 e. The molecule has 1 heterocycles. The van der Waals surface area contributed by atoms with Gasteiger partial charge in [-0.05, 0) is 59.4 Å². The third kappa shape index (κ3) is 4.62. The van der Waals surface area contributed by atoms with E-state index in [0.717, 1.165) is 29.2 Å². The molecule has 1 fully saturated rings. The fourth-order valence-corrected chi connectivity index (χ4v) is 5.73. The van der Waals surface area contributed by atoms with Crippen molar-refractivity contribution in [2.24, 2.45) is 0 Å². The predicted molar refractivity (Wildman–Crippen MR) is 152 cm³/mol. The minimum absolute atomic E-state index is 0.0972. The second-order valence-corrected chi connectivity index (χ2v) is 9.75. The van der Waals surface area contributed by atoms with E-state index in [4.69, 9.17) is 14.2 Å². The molecule has 0 aromatic heterocycles. The molecule has 4 aromatic rings. The second-order valence-electron chi connectivity index (χ2n) is 9.75. The topological polar surface area (TPSA) is 30.9 Å². The molecule has 0 radical (unpaired) electrons. The SMILES string of the molecule is C/C=C/c1ccc(OCC)c(OCC2CN(C3c4ccccc4-c4ccccc43)C(c3ccccc3)O2)c1. The Kier molecular flexibility index (Phi) is 7.00. The van der Waals surface area contributed by atoms with E-state index in [1.807, 2.05) is 38.1 Å². The summed E-state index contributed by atoms with van der Waals surface area (Å²) in [7, 11) is 0. The van der Waals surface area contributed by atoms with Crippen molar-refractivity contribution in [2.45, 2.75) is 32.2 Å². The molecule has 4 heteroatoms. The minimum Gasteiger partial charge on any atom is -0.490 e. The molecule has 38 heavy (non-hydrogen) atoms. The maximum absolute atomic E-state index is 6.75. The van der Waals surface area contributed by atoms with Gasteiger partial charge in [0.25, 0.3) is 0 Å². The van der Waals surface area contributed by atoms with Crippen LogP contribution in [-0.4, -0.2) is 30.8 Å². The highest BCUT2D eigenvalue weighted by Crippen LogP contribution is 2.50. The van der Waals surface area contributed by atoms with Crippen LogP contribution in [0.25, 0.3) is 17.2 Å². The Hall–Kier alpha value is -3.86. The lowest BCUT2D eigenvalue weighted by atomic mass is 10.0. The van der Waals surface area contributed by atoms with Crippen molar-refractivity contribution in [1.82, 2.24) is 4.90 Å². The standard InChI is InChI=1S/C34H33NO3/c1-3-12-24-19-20-31(36-4-2)32(21-24)37-23-26-22-35(34(38-26)25-13-6-5-7-14-25)33-29-17-10-8-15-27(29)28-16-9-11-18-30(28)33/h3,5-21,26,33-34H,4,22-23H2,1-2H3/b12-3+. The summed E-state index contributed by atoms with van der Waals surface area (Å²) in [5.74, 6) is 1.51. The van der Waals surface area contributed by atoms with Crippen molar-refractivity contribution in [3.05, 3.63) is 125 Å². The summed E-state index contributed by atoms with van der Waals surface area (Å²) in [6, 6.07) is 34.2. The van der Waals surface area contributed by atoms with Crippen LogP contribution in [0.4, 0.5) is 0 Å². The minimum atomic E-state index is -0.172. The van der Waals surface area contributed by atoms with Gasteiger partial charge in [-0.1, -0.05) is 97.1 Å². The Morgan fingerprint density at radius 1 is 0.816 bits per heavy atom. The van der Waals surface area contributed by atoms with Gasteiger partial charge in [-0.2, -0.15) is 0 Å². The van der Waals surface area contributed by atoms with Gasteiger partial charge in [0.1, 0.15) is 18.9 Å². The molecule has 0 saturated carbocycles. The van der Waals surface area contributed by atoms with E-state index in [0.29, 0.717) is 13.2 Å². The summed E-state index contributed by atoms with van der Waals surface area (Å²) in [6.07, 6.45) is 3.82. The molecule has 6 rings (SSSR count). The first kappa shape index (κ1) is 24.5. The highest BCUT2D eigenvalue weighted by Gasteiger charge is 2.43. The normalized spacial score (nSPS) is 19.0. The first-order valence-electron chi connectivity index (χ1n) is 13.4. The van der Waals surface area contributed by atoms with Gasteiger partial charge < -0.3 is 14.2 Å². The smallest absolute Gasteiger partial charge is 0.161 e. The van der Waals surface area contributed by atoms with Crippen molar-refractivity contribution in [3.8, 4) is 22.6 Å². The Morgan fingerprint density at radius 3 is 2.18 bits per heavy atom. The molecule has 2 atom stereocenters. The van der Waals surface area contributed by atoms with Gasteiger partial charge in [0.2, 0.25) is 0 Å². The maximum atomic E-state index is 6.75. The summed E-state index contributed by atoms with van der Waals surface area (Å²) in [6.45, 7) is 5.79. The van der Waals surface area contributed by atoms with Gasteiger partial charge in [-0.3, -0.25) is 4.90 Å². The van der Waals surface area contributed by atoms with Crippen LogP contribution in [0.3, 0.4) is 0 Å². The van der Waals surface area contributed by atoms with Crippen molar-refractivity contribution in [3.63, 3.8) is 0 Å². The molecule has 0 N–H and O–H groups in total. The highest BCUT2D eigenvalue weighted by molar-refractivity contribution is 5.78. The van der Waals surface area contributed by atoms with Crippen molar-refractivity contribution < 1.29 is 14.2 Å². The molecule has 0 bridgehead atoms. The van der Waals surface area contributed by atoms with Gasteiger partial charge >= 0.3 is 0 Å². The number of benzene rings is 4. The lowest BCUT2D eigenvalue weighted by Gasteiger charge is -2.30. The second kappa shape index (κ2) is 10.9. The summed E-state index contributed by atoms with van der Waals surface area (Å²) in [5.41, 5.74) is 7.52. The monoisotopic (exact) mass is 503 g/mol. The number of hydrogen-bond acceptors (Lipinski definition) is 4. The van der Waals surface area contributed by atoms with Crippen molar-refractivity contribution >= 4 is 6.08 Å². The van der Waals surface area contributed by atoms with Crippen LogP contribution < -0.4 is 9.47 Å². The number of allylic oxidation sites excluding steroid dienone is 1. The van der Waals surface area contributed by atoms with Gasteiger partial charge in [-0.15, -0.1) is 0 Å². The molecule has 4 nitrogen and oxygen atoms in total. The van der Waals surface area contributed by atoms with E-state index in [1.165, 1.54) is 22.3 Å². The number of rotatable bonds is 8. The molecule has 2 aliphatic rings. The first-order valence-corrected chi connectivity index (χ1v) is 13.4. The Bertz CT molecular complexity index is 1390. The molecule has 1 aliphatic carbocycles. The zero-order valence-corrected chi connectivity index (χ0v) is 21.9. The van der Waals surface area contributed by atoms with E-state index in [1.54, 1.807) is 0 Å². The Labute approximate surface area is 225 Å². The third-order valence-electron chi connectivity index (χ3n) is 7.31. The molecule has 1 aliphatic heterocycles. The van der Waals surface area contributed by atoms with Crippen molar-refractivity contribution in [2.75, 3.05) is 19.8 Å². The van der Waals surface area contributed by atoms with E-state index < -0.39 is 0 Å². The van der Waals surface area contributed by atoms with Gasteiger partial charge in [0.15, 0.2) is 11.5 Å². The summed E-state index contributed by atoms with van der Waals surface area (Å²) in [4.78, 5) is 2.49. The molecular weight excluding hydrogens is 470 g/mol. The third-order valence-corrected chi connectivity index (χ3v) is 7.31.